The molecule has 0 bridgehead atoms. The van der Waals surface area contributed by atoms with E-state index in [0.29, 0.717) is 11.1 Å². The maximum absolute atomic E-state index is 11.9. The third-order valence-corrected chi connectivity index (χ3v) is 4.52. The lowest BCUT2D eigenvalue weighted by molar-refractivity contribution is 0.358. The Morgan fingerprint density at radius 2 is 1.30 bits per heavy atom. The zero-order valence-corrected chi connectivity index (χ0v) is 13.8. The van der Waals surface area contributed by atoms with Crippen molar-refractivity contribution in [2.75, 3.05) is 5.94 Å². The highest BCUT2D eigenvalue weighted by Crippen LogP contribution is 2.40. The smallest absolute Gasteiger partial charge is 0.202 e. The van der Waals surface area contributed by atoms with Gasteiger partial charge >= 0.3 is 0 Å². The van der Waals surface area contributed by atoms with Gasteiger partial charge in [0.15, 0.2) is 0 Å². The molecule has 20 heavy (non-hydrogen) atoms. The van der Waals surface area contributed by atoms with E-state index in [1.54, 1.807) is 0 Å². The Labute approximate surface area is 121 Å². The molecule has 0 spiro atoms. The van der Waals surface area contributed by atoms with Crippen LogP contribution >= 0.6 is 0 Å². The van der Waals surface area contributed by atoms with E-state index in [9.17, 15) is 13.5 Å². The Hall–Kier alpha value is -1.07. The normalized spacial score (nSPS) is 13.6. The van der Waals surface area contributed by atoms with Gasteiger partial charge in [-0.1, -0.05) is 41.5 Å². The Kier molecular flexibility index (Phi) is 4.28. The summed E-state index contributed by atoms with van der Waals surface area (Å²) in [7, 11) is -3.74. The predicted octanol–water partition coefficient (Wildman–Crippen LogP) is 2.71. The fraction of sp³-hybridized carbons (Fsp3) is 0.600. The number of phenols is 1. The molecule has 0 aliphatic carbocycles. The van der Waals surface area contributed by atoms with Gasteiger partial charge in [0.1, 0.15) is 11.7 Å². The first-order valence-corrected chi connectivity index (χ1v) is 8.17. The first kappa shape index (κ1) is 17.0. The van der Waals surface area contributed by atoms with Gasteiger partial charge in [-0.25, -0.2) is 8.42 Å². The van der Waals surface area contributed by atoms with Crippen LogP contribution in [0, 0.1) is 0 Å². The van der Waals surface area contributed by atoms with Crippen molar-refractivity contribution in [1.82, 2.24) is 0 Å². The molecule has 1 rings (SSSR count). The van der Waals surface area contributed by atoms with Crippen LogP contribution in [-0.2, 0) is 20.7 Å². The van der Waals surface area contributed by atoms with E-state index >= 15 is 0 Å². The van der Waals surface area contributed by atoms with Crippen molar-refractivity contribution >= 4 is 9.84 Å². The Morgan fingerprint density at radius 1 is 0.950 bits per heavy atom. The molecule has 0 aliphatic rings. The first-order chi connectivity index (χ1) is 8.80. The highest BCUT2D eigenvalue weighted by molar-refractivity contribution is 7.91. The van der Waals surface area contributed by atoms with Crippen LogP contribution in [0.25, 0.3) is 0 Å². The number of aliphatic hydroxyl groups excluding tert-OH is 1. The second kappa shape index (κ2) is 5.04. The SMILES string of the molecule is CC(C)(C)c1cc(S(=O)(=O)CO)cc(C(C)(C)C)c1O. The van der Waals surface area contributed by atoms with Gasteiger partial charge in [-0.2, -0.15) is 0 Å². The monoisotopic (exact) mass is 300 g/mol. The van der Waals surface area contributed by atoms with Crippen molar-refractivity contribution in [2.45, 2.75) is 57.3 Å². The van der Waals surface area contributed by atoms with E-state index in [2.05, 4.69) is 0 Å². The van der Waals surface area contributed by atoms with Crippen molar-refractivity contribution in [1.29, 1.82) is 0 Å². The summed E-state index contributed by atoms with van der Waals surface area (Å²) in [6.45, 7) is 11.4. The first-order valence-electron chi connectivity index (χ1n) is 6.52. The second-order valence-electron chi connectivity index (χ2n) is 7.11. The van der Waals surface area contributed by atoms with E-state index in [1.165, 1.54) is 12.1 Å². The largest absolute Gasteiger partial charge is 0.507 e. The molecular weight excluding hydrogens is 276 g/mol. The van der Waals surface area contributed by atoms with Crippen LogP contribution in [0.2, 0.25) is 0 Å². The quantitative estimate of drug-likeness (QED) is 0.880. The summed E-state index contributed by atoms with van der Waals surface area (Å²) in [6.07, 6.45) is 0. The van der Waals surface area contributed by atoms with Crippen LogP contribution < -0.4 is 0 Å². The molecule has 0 amide bonds. The minimum absolute atomic E-state index is 0.0488. The van der Waals surface area contributed by atoms with E-state index in [0.717, 1.165) is 0 Å². The van der Waals surface area contributed by atoms with Crippen molar-refractivity contribution in [3.05, 3.63) is 23.3 Å². The zero-order chi connectivity index (χ0) is 15.9. The van der Waals surface area contributed by atoms with E-state index in [4.69, 9.17) is 5.11 Å². The summed E-state index contributed by atoms with van der Waals surface area (Å²) < 4.78 is 23.9. The number of hydrogen-bond acceptors (Lipinski definition) is 4. The molecule has 0 aromatic heterocycles. The summed E-state index contributed by atoms with van der Waals surface area (Å²) in [5, 5.41) is 19.5. The van der Waals surface area contributed by atoms with Gasteiger partial charge in [-0.05, 0) is 23.0 Å². The van der Waals surface area contributed by atoms with Crippen LogP contribution in [0.5, 0.6) is 5.75 Å². The lowest BCUT2D eigenvalue weighted by Crippen LogP contribution is -2.19. The number of rotatable bonds is 2. The highest BCUT2D eigenvalue weighted by atomic mass is 32.2. The Balaban J connectivity index is 3.77. The van der Waals surface area contributed by atoms with Crippen LogP contribution in [-0.4, -0.2) is 24.6 Å². The van der Waals surface area contributed by atoms with Crippen LogP contribution in [0.15, 0.2) is 17.0 Å². The van der Waals surface area contributed by atoms with Crippen LogP contribution in [0.4, 0.5) is 0 Å². The van der Waals surface area contributed by atoms with Crippen LogP contribution in [0.1, 0.15) is 52.7 Å². The minimum Gasteiger partial charge on any atom is -0.507 e. The molecule has 0 radical (unpaired) electrons. The Morgan fingerprint density at radius 3 is 1.55 bits per heavy atom. The van der Waals surface area contributed by atoms with Gasteiger partial charge in [0.2, 0.25) is 9.84 Å². The number of aromatic hydroxyl groups is 1. The lowest BCUT2D eigenvalue weighted by atomic mass is 9.79. The second-order valence-corrected chi connectivity index (χ2v) is 9.07. The van der Waals surface area contributed by atoms with E-state index < -0.39 is 26.6 Å². The Bertz CT molecular complexity index is 567. The van der Waals surface area contributed by atoms with Crippen molar-refractivity contribution in [3.63, 3.8) is 0 Å². The third kappa shape index (κ3) is 3.33. The number of benzene rings is 1. The third-order valence-electron chi connectivity index (χ3n) is 3.23. The van der Waals surface area contributed by atoms with E-state index in [-0.39, 0.29) is 10.6 Å². The molecule has 0 heterocycles. The van der Waals surface area contributed by atoms with Gasteiger partial charge in [0, 0.05) is 11.1 Å². The molecule has 1 aromatic carbocycles. The topological polar surface area (TPSA) is 74.6 Å². The summed E-state index contributed by atoms with van der Waals surface area (Å²) in [4.78, 5) is 0.0488. The maximum Gasteiger partial charge on any atom is 0.202 e. The van der Waals surface area contributed by atoms with Gasteiger partial charge in [0.05, 0.1) is 4.90 Å². The summed E-state index contributed by atoms with van der Waals surface area (Å²) in [5.74, 6) is -0.813. The van der Waals surface area contributed by atoms with Gasteiger partial charge < -0.3 is 10.2 Å². The average molecular weight is 300 g/mol. The van der Waals surface area contributed by atoms with E-state index in [1.807, 2.05) is 41.5 Å². The number of sulfone groups is 1. The van der Waals surface area contributed by atoms with Gasteiger partial charge in [-0.15, -0.1) is 0 Å². The van der Waals surface area contributed by atoms with Crippen molar-refractivity contribution in [3.8, 4) is 5.75 Å². The molecule has 5 heteroatoms. The van der Waals surface area contributed by atoms with Gasteiger partial charge in [0.25, 0.3) is 0 Å². The highest BCUT2D eigenvalue weighted by Gasteiger charge is 2.29. The maximum atomic E-state index is 11.9. The van der Waals surface area contributed by atoms with Crippen molar-refractivity contribution in [2.24, 2.45) is 0 Å². The number of hydrogen-bond donors (Lipinski definition) is 2. The zero-order valence-electron chi connectivity index (χ0n) is 13.0. The fourth-order valence-electron chi connectivity index (χ4n) is 2.01. The summed E-state index contributed by atoms with van der Waals surface area (Å²) in [5.41, 5.74) is 0.338. The molecule has 4 nitrogen and oxygen atoms in total. The number of phenolic OH excluding ortho intramolecular Hbond substituents is 1. The molecule has 0 atom stereocenters. The standard InChI is InChI=1S/C15H24O4S/c1-14(2,3)11-7-10(20(18,19)9-16)8-12(13(11)17)15(4,5)6/h7-8,16-17H,9H2,1-6H3. The summed E-state index contributed by atoms with van der Waals surface area (Å²) >= 11 is 0. The molecule has 0 fully saturated rings. The molecule has 2 N–H and O–H groups in total. The van der Waals surface area contributed by atoms with Crippen LogP contribution in [0.3, 0.4) is 0 Å². The molecule has 0 aliphatic heterocycles. The molecule has 0 saturated heterocycles. The molecule has 0 unspecified atom stereocenters. The fourth-order valence-corrected chi connectivity index (χ4v) is 2.75. The van der Waals surface area contributed by atoms with Gasteiger partial charge in [-0.3, -0.25) is 0 Å². The lowest BCUT2D eigenvalue weighted by Gasteiger charge is -2.28. The molecule has 114 valence electrons. The van der Waals surface area contributed by atoms with Crippen molar-refractivity contribution < 1.29 is 18.6 Å². The number of aliphatic hydroxyl groups is 1. The predicted molar refractivity (Wildman–Crippen MR) is 79.8 cm³/mol. The minimum atomic E-state index is -3.74. The molecule has 1 aromatic rings. The summed E-state index contributed by atoms with van der Waals surface area (Å²) in [6, 6.07) is 2.91. The molecular formula is C15H24O4S. The average Bonchev–Trinajstić information content (AvgIpc) is 2.25. The molecule has 0 saturated carbocycles.